The number of Topliss-reactive ketones (excluding diaryl/α,β-unsaturated/α-hetero) is 1. The lowest BCUT2D eigenvalue weighted by molar-refractivity contribution is -0.124. The first-order valence-corrected chi connectivity index (χ1v) is 21.1. The Morgan fingerprint density at radius 3 is 1.71 bits per heavy atom. The van der Waals surface area contributed by atoms with Crippen molar-refractivity contribution < 1.29 is 29.0 Å². The van der Waals surface area contributed by atoms with Crippen LogP contribution >= 0.6 is 0 Å². The fourth-order valence-electron chi connectivity index (χ4n) is 10.4. The number of allylic oxidation sites excluding steroid dienone is 1. The molecular weight excluding hydrogens is 733 g/mol. The van der Waals surface area contributed by atoms with E-state index in [9.17, 15) is 19.5 Å². The van der Waals surface area contributed by atoms with Gasteiger partial charge in [0.15, 0.2) is 0 Å². The molecule has 0 unspecified atom stereocenters. The molecule has 2 aliphatic heterocycles. The normalized spacial score (nSPS) is 18.5. The van der Waals surface area contributed by atoms with Gasteiger partial charge >= 0.3 is 0 Å². The molecule has 5 aromatic rings. The minimum Gasteiger partial charge on any atom is -0.515 e. The number of aromatic amines is 3. The van der Waals surface area contributed by atoms with Gasteiger partial charge in [-0.25, -0.2) is 0 Å². The van der Waals surface area contributed by atoms with Crippen LogP contribution in [0.25, 0.3) is 33.2 Å². The molecule has 58 heavy (non-hydrogen) atoms. The molecule has 2 aromatic carbocycles. The number of anilines is 2. The molecule has 0 bridgehead atoms. The van der Waals surface area contributed by atoms with E-state index in [0.717, 1.165) is 120 Å². The Balaban J connectivity index is 0.000000162. The summed E-state index contributed by atoms with van der Waals surface area (Å²) in [5.74, 6) is 0.208. The van der Waals surface area contributed by atoms with Crippen LogP contribution in [0.2, 0.25) is 0 Å². The van der Waals surface area contributed by atoms with E-state index in [-0.39, 0.29) is 17.6 Å². The summed E-state index contributed by atoms with van der Waals surface area (Å²) in [5.41, 5.74) is 12.0. The predicted octanol–water partition coefficient (Wildman–Crippen LogP) is 8.28. The van der Waals surface area contributed by atoms with E-state index >= 15 is 0 Å². The monoisotopic (exact) mass is 788 g/mol. The molecule has 0 saturated carbocycles. The third-order valence-corrected chi connectivity index (χ3v) is 13.8. The lowest BCUT2D eigenvalue weighted by atomic mass is 9.76. The van der Waals surface area contributed by atoms with Crippen molar-refractivity contribution in [3.63, 3.8) is 0 Å². The van der Waals surface area contributed by atoms with Crippen LogP contribution in [0.5, 0.6) is 0 Å². The number of carbonyl (C=O) groups excluding carboxylic acids is 3. The number of amides is 2. The van der Waals surface area contributed by atoms with E-state index in [2.05, 4.69) is 72.1 Å². The Labute approximate surface area is 339 Å². The van der Waals surface area contributed by atoms with Gasteiger partial charge < -0.3 is 34.3 Å². The maximum Gasteiger partial charge on any atom is 0.237 e. The molecule has 0 radical (unpaired) electrons. The molecule has 12 heteroatoms. The third-order valence-electron chi connectivity index (χ3n) is 13.8. The Hall–Kier alpha value is -5.20. The second kappa shape index (κ2) is 15.5. The molecule has 4 N–H and O–H groups in total. The molecular formula is C46H56N6O6. The smallest absolute Gasteiger partial charge is 0.237 e. The first-order valence-electron chi connectivity index (χ1n) is 21.1. The number of methoxy groups -OCH3 is 2. The summed E-state index contributed by atoms with van der Waals surface area (Å²) in [6.45, 7) is 10.5. The number of nitrogens with one attached hydrogen (secondary N) is 3. The van der Waals surface area contributed by atoms with Crippen LogP contribution in [0.3, 0.4) is 0 Å². The van der Waals surface area contributed by atoms with Gasteiger partial charge in [0.05, 0.1) is 53.6 Å². The molecule has 2 aliphatic carbocycles. The van der Waals surface area contributed by atoms with Gasteiger partial charge in [-0.15, -0.1) is 0 Å². The summed E-state index contributed by atoms with van der Waals surface area (Å²) in [6, 6.07) is 8.60. The van der Waals surface area contributed by atoms with Crippen molar-refractivity contribution in [1.29, 1.82) is 0 Å². The lowest BCUT2D eigenvalue weighted by Gasteiger charge is -2.26. The van der Waals surface area contributed by atoms with E-state index in [4.69, 9.17) is 9.47 Å². The number of hydrogen-bond acceptors (Lipinski definition) is 7. The average Bonchev–Trinajstić information content (AvgIpc) is 3.99. The standard InChI is InChI=1S/C23H28N4O2.C23H28N2O4/c1-4-23(5-2)17-12-18-16(11-19(17)27(22(23)28)9-10-29-3)15-8-6-7-14-13-24-26-20(14)21(15)25-18;1-4-23(5-2)17-12-18-16(11-19(17)25(22(23)28)9-10-29-3)15-8-6-7-14(13-26)21(27)20(15)24-18/h11-13,25H,4-10H2,1-3H3,(H,24,26);11-13,24,26H,4-10H2,1-3H3/b;14-13+. The number of nitrogens with zero attached hydrogens (tertiary/aromatic N) is 3. The van der Waals surface area contributed by atoms with E-state index in [1.54, 1.807) is 14.2 Å². The van der Waals surface area contributed by atoms with Crippen molar-refractivity contribution in [3.8, 4) is 11.4 Å². The van der Waals surface area contributed by atoms with Crippen LogP contribution in [-0.2, 0) is 49.2 Å². The second-order valence-electron chi connectivity index (χ2n) is 16.2. The zero-order valence-electron chi connectivity index (χ0n) is 34.7. The first kappa shape index (κ1) is 39.6. The largest absolute Gasteiger partial charge is 0.515 e. The highest BCUT2D eigenvalue weighted by molar-refractivity contribution is 6.15. The summed E-state index contributed by atoms with van der Waals surface area (Å²) in [4.78, 5) is 50.5. The number of aliphatic hydroxyl groups excluding tert-OH is 1. The van der Waals surface area contributed by atoms with Gasteiger partial charge in [0.2, 0.25) is 17.6 Å². The number of ketones is 1. The van der Waals surface area contributed by atoms with Crippen molar-refractivity contribution in [2.75, 3.05) is 50.3 Å². The van der Waals surface area contributed by atoms with E-state index in [0.29, 0.717) is 44.0 Å². The van der Waals surface area contributed by atoms with E-state index < -0.39 is 10.8 Å². The molecule has 3 aromatic heterocycles. The van der Waals surface area contributed by atoms with Crippen molar-refractivity contribution in [1.82, 2.24) is 20.2 Å². The number of hydrogen-bond donors (Lipinski definition) is 4. The number of aryl methyl sites for hydroxylation is 3. The van der Waals surface area contributed by atoms with Crippen molar-refractivity contribution >= 4 is 50.8 Å². The Morgan fingerprint density at radius 1 is 0.707 bits per heavy atom. The van der Waals surface area contributed by atoms with Crippen LogP contribution in [0, 0.1) is 0 Å². The minimum atomic E-state index is -0.542. The Kier molecular flexibility index (Phi) is 10.6. The maximum atomic E-state index is 13.5. The SMILES string of the molecule is CCC1(CC)C(=O)N(CCOC)c2cc3c4c([nH]c3cc21)-c1[nH]ncc1CCC4.CCC1(CC)C(=O)N(CCOC)c2cc3c4c([nH]c3cc21)C(=O)/C(=C/O)CCC4. The number of benzene rings is 2. The van der Waals surface area contributed by atoms with Crippen molar-refractivity contribution in [2.24, 2.45) is 0 Å². The number of carbonyl (C=O) groups is 3. The molecule has 0 spiro atoms. The van der Waals surface area contributed by atoms with E-state index in [1.807, 2.05) is 16.0 Å². The van der Waals surface area contributed by atoms with Crippen LogP contribution in [-0.4, -0.2) is 83.4 Å². The second-order valence-corrected chi connectivity index (χ2v) is 16.2. The fourth-order valence-corrected chi connectivity index (χ4v) is 10.4. The molecule has 306 valence electrons. The number of H-pyrrole nitrogens is 3. The van der Waals surface area contributed by atoms with Crippen LogP contribution in [0.15, 0.2) is 42.3 Å². The Morgan fingerprint density at radius 2 is 1.21 bits per heavy atom. The molecule has 0 fully saturated rings. The summed E-state index contributed by atoms with van der Waals surface area (Å²) in [6.07, 6.45) is 11.2. The van der Waals surface area contributed by atoms with Crippen LogP contribution in [0.4, 0.5) is 11.4 Å². The molecule has 9 rings (SSSR count). The maximum absolute atomic E-state index is 13.5. The highest BCUT2D eigenvalue weighted by atomic mass is 16.5. The molecule has 4 aliphatic rings. The zero-order valence-corrected chi connectivity index (χ0v) is 34.7. The van der Waals surface area contributed by atoms with Crippen LogP contribution < -0.4 is 9.80 Å². The average molecular weight is 789 g/mol. The predicted molar refractivity (Wildman–Crippen MR) is 227 cm³/mol. The van der Waals surface area contributed by atoms with E-state index in [1.165, 1.54) is 16.5 Å². The molecule has 12 nitrogen and oxygen atoms in total. The molecule has 5 heterocycles. The van der Waals surface area contributed by atoms with Gasteiger partial charge in [-0.05, 0) is 116 Å². The zero-order chi connectivity index (χ0) is 40.9. The molecule has 0 saturated heterocycles. The number of fused-ring (bicyclic) bond motifs is 10. The fraction of sp³-hybridized carbons (Fsp3) is 0.478. The third kappa shape index (κ3) is 5.85. The van der Waals surface area contributed by atoms with Gasteiger partial charge in [-0.3, -0.25) is 19.5 Å². The first-order chi connectivity index (χ1) is 28.2. The number of ether oxygens (including phenoxy) is 2. The number of aliphatic hydroxyl groups is 1. The van der Waals surface area contributed by atoms with Crippen molar-refractivity contribution in [3.05, 3.63) is 75.8 Å². The Bertz CT molecular complexity index is 2440. The van der Waals surface area contributed by atoms with Crippen LogP contribution in [0.1, 0.15) is 111 Å². The lowest BCUT2D eigenvalue weighted by Crippen LogP contribution is -2.40. The van der Waals surface area contributed by atoms with Gasteiger partial charge in [0, 0.05) is 66.1 Å². The minimum absolute atomic E-state index is 0.134. The van der Waals surface area contributed by atoms with Gasteiger partial charge in [-0.1, -0.05) is 27.7 Å². The molecule has 2 amide bonds. The summed E-state index contributed by atoms with van der Waals surface area (Å²) < 4.78 is 10.5. The number of rotatable bonds is 10. The topological polar surface area (TPSA) is 157 Å². The number of aromatic nitrogens is 4. The summed E-state index contributed by atoms with van der Waals surface area (Å²) >= 11 is 0. The highest BCUT2D eigenvalue weighted by Gasteiger charge is 2.50. The highest BCUT2D eigenvalue weighted by Crippen LogP contribution is 2.50. The van der Waals surface area contributed by atoms with Gasteiger partial charge in [0.1, 0.15) is 0 Å². The van der Waals surface area contributed by atoms with Crippen molar-refractivity contribution in [2.45, 2.75) is 103 Å². The van der Waals surface area contributed by atoms with Gasteiger partial charge in [0.25, 0.3) is 0 Å². The quantitative estimate of drug-likeness (QED) is 0.0631. The summed E-state index contributed by atoms with van der Waals surface area (Å²) in [7, 11) is 3.33. The molecule has 0 atom stereocenters. The summed E-state index contributed by atoms with van der Waals surface area (Å²) in [5, 5.41) is 19.1. The van der Waals surface area contributed by atoms with Gasteiger partial charge in [-0.2, -0.15) is 5.10 Å².